The SMILES string of the molecule is CC(=O)Oc1cc(CBr)ccc1C(=O)c1ccccc1. The van der Waals surface area contributed by atoms with Gasteiger partial charge in [0, 0.05) is 17.8 Å². The Kier molecular flexibility index (Phi) is 4.69. The van der Waals surface area contributed by atoms with Gasteiger partial charge in [0.1, 0.15) is 5.75 Å². The maximum Gasteiger partial charge on any atom is 0.308 e. The Labute approximate surface area is 125 Å². The van der Waals surface area contributed by atoms with Gasteiger partial charge in [-0.2, -0.15) is 0 Å². The Bertz CT molecular complexity index is 635. The lowest BCUT2D eigenvalue weighted by molar-refractivity contribution is -0.131. The average Bonchev–Trinajstić information content (AvgIpc) is 2.46. The molecule has 3 nitrogen and oxygen atoms in total. The predicted molar refractivity (Wildman–Crippen MR) is 80.3 cm³/mol. The van der Waals surface area contributed by atoms with Gasteiger partial charge in [0.25, 0.3) is 0 Å². The van der Waals surface area contributed by atoms with Crippen LogP contribution in [0.25, 0.3) is 0 Å². The number of ether oxygens (including phenoxy) is 1. The third kappa shape index (κ3) is 3.33. The molecule has 0 spiro atoms. The van der Waals surface area contributed by atoms with Gasteiger partial charge >= 0.3 is 5.97 Å². The van der Waals surface area contributed by atoms with E-state index in [-0.39, 0.29) is 5.78 Å². The summed E-state index contributed by atoms with van der Waals surface area (Å²) < 4.78 is 5.15. The van der Waals surface area contributed by atoms with Gasteiger partial charge in [-0.25, -0.2) is 0 Å². The van der Waals surface area contributed by atoms with E-state index in [1.807, 2.05) is 12.1 Å². The van der Waals surface area contributed by atoms with Gasteiger partial charge in [-0.3, -0.25) is 9.59 Å². The molecular formula is C16H13BrO3. The van der Waals surface area contributed by atoms with Crippen LogP contribution < -0.4 is 4.74 Å². The molecular weight excluding hydrogens is 320 g/mol. The first-order valence-electron chi connectivity index (χ1n) is 6.09. The molecule has 0 radical (unpaired) electrons. The van der Waals surface area contributed by atoms with Crippen LogP contribution in [0.1, 0.15) is 28.4 Å². The third-order valence-corrected chi connectivity index (χ3v) is 3.38. The number of hydrogen-bond acceptors (Lipinski definition) is 3. The standard InChI is InChI=1S/C16H13BrO3/c1-11(18)20-15-9-12(10-17)7-8-14(15)16(19)13-5-3-2-4-6-13/h2-9H,10H2,1H3. The van der Waals surface area contributed by atoms with Gasteiger partial charge in [0.2, 0.25) is 0 Å². The smallest absolute Gasteiger partial charge is 0.308 e. The molecule has 20 heavy (non-hydrogen) atoms. The molecule has 0 N–H and O–H groups in total. The lowest BCUT2D eigenvalue weighted by Gasteiger charge is -2.09. The second-order valence-electron chi connectivity index (χ2n) is 4.25. The Hall–Kier alpha value is -1.94. The summed E-state index contributed by atoms with van der Waals surface area (Å²) in [6, 6.07) is 14.1. The number of hydrogen-bond donors (Lipinski definition) is 0. The lowest BCUT2D eigenvalue weighted by Crippen LogP contribution is -2.09. The van der Waals surface area contributed by atoms with Gasteiger partial charge in [-0.05, 0) is 17.7 Å². The minimum absolute atomic E-state index is 0.164. The molecule has 0 saturated heterocycles. The van der Waals surface area contributed by atoms with Crippen LogP contribution in [0.15, 0.2) is 48.5 Å². The molecule has 0 atom stereocenters. The Morgan fingerprint density at radius 3 is 2.40 bits per heavy atom. The van der Waals surface area contributed by atoms with E-state index in [2.05, 4.69) is 15.9 Å². The summed E-state index contributed by atoms with van der Waals surface area (Å²) in [4.78, 5) is 23.6. The monoisotopic (exact) mass is 332 g/mol. The van der Waals surface area contributed by atoms with Crippen molar-refractivity contribution >= 4 is 27.7 Å². The zero-order valence-corrected chi connectivity index (χ0v) is 12.5. The minimum Gasteiger partial charge on any atom is -0.426 e. The highest BCUT2D eigenvalue weighted by Gasteiger charge is 2.16. The molecule has 2 aromatic rings. The van der Waals surface area contributed by atoms with Gasteiger partial charge < -0.3 is 4.74 Å². The molecule has 0 aliphatic rings. The fourth-order valence-corrected chi connectivity index (χ4v) is 2.17. The fourth-order valence-electron chi connectivity index (χ4n) is 1.82. The Morgan fingerprint density at radius 1 is 1.10 bits per heavy atom. The molecule has 0 aliphatic heterocycles. The molecule has 0 bridgehead atoms. The summed E-state index contributed by atoms with van der Waals surface area (Å²) in [6.07, 6.45) is 0. The van der Waals surface area contributed by atoms with E-state index in [9.17, 15) is 9.59 Å². The second kappa shape index (κ2) is 6.48. The maximum atomic E-state index is 12.4. The predicted octanol–water partition coefficient (Wildman–Crippen LogP) is 3.74. The number of esters is 1. The average molecular weight is 333 g/mol. The van der Waals surface area contributed by atoms with Crippen molar-refractivity contribution in [3.05, 3.63) is 65.2 Å². The van der Waals surface area contributed by atoms with Crippen LogP contribution in [-0.4, -0.2) is 11.8 Å². The van der Waals surface area contributed by atoms with Crippen LogP contribution >= 0.6 is 15.9 Å². The van der Waals surface area contributed by atoms with Crippen LogP contribution in [0.4, 0.5) is 0 Å². The summed E-state index contributed by atoms with van der Waals surface area (Å²) in [5, 5.41) is 0.626. The van der Waals surface area contributed by atoms with Gasteiger partial charge in [-0.15, -0.1) is 0 Å². The molecule has 0 amide bonds. The van der Waals surface area contributed by atoms with E-state index in [4.69, 9.17) is 4.74 Å². The first-order valence-corrected chi connectivity index (χ1v) is 7.21. The van der Waals surface area contributed by atoms with Crippen LogP contribution in [-0.2, 0) is 10.1 Å². The van der Waals surface area contributed by atoms with Gasteiger partial charge in [-0.1, -0.05) is 52.3 Å². The minimum atomic E-state index is -0.446. The quantitative estimate of drug-likeness (QED) is 0.371. The zero-order chi connectivity index (χ0) is 14.5. The van der Waals surface area contributed by atoms with Crippen LogP contribution in [0.5, 0.6) is 5.75 Å². The molecule has 2 rings (SSSR count). The summed E-state index contributed by atoms with van der Waals surface area (Å²) in [7, 11) is 0. The number of carbonyl (C=O) groups is 2. The van der Waals surface area contributed by atoms with Crippen molar-refractivity contribution in [1.82, 2.24) is 0 Å². The number of halogens is 1. The molecule has 0 fully saturated rings. The first kappa shape index (κ1) is 14.5. The number of ketones is 1. The largest absolute Gasteiger partial charge is 0.426 e. The lowest BCUT2D eigenvalue weighted by atomic mass is 10.0. The van der Waals surface area contributed by atoms with Crippen molar-refractivity contribution in [3.8, 4) is 5.75 Å². The van der Waals surface area contributed by atoms with Crippen molar-refractivity contribution in [2.45, 2.75) is 12.3 Å². The van der Waals surface area contributed by atoms with Gasteiger partial charge in [0.15, 0.2) is 5.78 Å². The van der Waals surface area contributed by atoms with E-state index in [0.29, 0.717) is 22.2 Å². The number of rotatable bonds is 4. The number of benzene rings is 2. The van der Waals surface area contributed by atoms with Crippen LogP contribution in [0.2, 0.25) is 0 Å². The fraction of sp³-hybridized carbons (Fsp3) is 0.125. The molecule has 0 saturated carbocycles. The molecule has 0 unspecified atom stereocenters. The topological polar surface area (TPSA) is 43.4 Å². The summed E-state index contributed by atoms with van der Waals surface area (Å²) in [5.41, 5.74) is 1.88. The van der Waals surface area contributed by atoms with Crippen molar-refractivity contribution in [3.63, 3.8) is 0 Å². The summed E-state index contributed by atoms with van der Waals surface area (Å²) in [5.74, 6) is -0.315. The number of alkyl halides is 1. The normalized spacial score (nSPS) is 10.1. The Balaban J connectivity index is 2.44. The molecule has 0 aromatic heterocycles. The van der Waals surface area contributed by atoms with Crippen molar-refractivity contribution < 1.29 is 14.3 Å². The van der Waals surface area contributed by atoms with Crippen LogP contribution in [0, 0.1) is 0 Å². The summed E-state index contributed by atoms with van der Waals surface area (Å²) in [6.45, 7) is 1.32. The second-order valence-corrected chi connectivity index (χ2v) is 4.81. The van der Waals surface area contributed by atoms with Crippen molar-refractivity contribution in [2.24, 2.45) is 0 Å². The number of carbonyl (C=O) groups excluding carboxylic acids is 2. The molecule has 102 valence electrons. The molecule has 0 aliphatic carbocycles. The third-order valence-electron chi connectivity index (χ3n) is 2.73. The Morgan fingerprint density at radius 2 is 1.80 bits per heavy atom. The molecule has 2 aromatic carbocycles. The van der Waals surface area contributed by atoms with E-state index < -0.39 is 5.97 Å². The van der Waals surface area contributed by atoms with Crippen molar-refractivity contribution in [1.29, 1.82) is 0 Å². The van der Waals surface area contributed by atoms with E-state index in [1.165, 1.54) is 6.92 Å². The first-order chi connectivity index (χ1) is 9.61. The summed E-state index contributed by atoms with van der Waals surface area (Å²) >= 11 is 3.34. The highest BCUT2D eigenvalue weighted by atomic mass is 79.9. The van der Waals surface area contributed by atoms with Crippen molar-refractivity contribution in [2.75, 3.05) is 0 Å². The van der Waals surface area contributed by atoms with E-state index in [0.717, 1.165) is 5.56 Å². The molecule has 4 heteroatoms. The van der Waals surface area contributed by atoms with Crippen LogP contribution in [0.3, 0.4) is 0 Å². The molecule has 0 heterocycles. The van der Waals surface area contributed by atoms with Gasteiger partial charge in [0.05, 0.1) is 5.56 Å². The zero-order valence-electron chi connectivity index (χ0n) is 10.9. The maximum absolute atomic E-state index is 12.4. The van der Waals surface area contributed by atoms with E-state index >= 15 is 0 Å². The highest BCUT2D eigenvalue weighted by Crippen LogP contribution is 2.25. The van der Waals surface area contributed by atoms with E-state index in [1.54, 1.807) is 36.4 Å². The highest BCUT2D eigenvalue weighted by molar-refractivity contribution is 9.08.